The van der Waals surface area contributed by atoms with Crippen LogP contribution in [0.4, 0.5) is 0 Å². The quantitative estimate of drug-likeness (QED) is 0.778. The molecule has 1 saturated heterocycles. The van der Waals surface area contributed by atoms with Crippen LogP contribution >= 0.6 is 0 Å². The van der Waals surface area contributed by atoms with Crippen LogP contribution in [-0.4, -0.2) is 35.3 Å². The largest absolute Gasteiger partial charge is 0.484 e. The zero-order valence-electron chi connectivity index (χ0n) is 16.4. The number of fused-ring (bicyclic) bond motifs is 1. The number of rotatable bonds is 4. The second kappa shape index (κ2) is 7.65. The van der Waals surface area contributed by atoms with Crippen molar-refractivity contribution in [3.8, 4) is 5.75 Å². The summed E-state index contributed by atoms with van der Waals surface area (Å²) < 4.78 is 6.27. The second-order valence-corrected chi connectivity index (χ2v) is 8.75. The highest BCUT2D eigenvalue weighted by molar-refractivity contribution is 6.00. The van der Waals surface area contributed by atoms with Crippen LogP contribution in [0.5, 0.6) is 5.75 Å². The van der Waals surface area contributed by atoms with E-state index in [0.717, 1.165) is 25.2 Å². The Bertz CT molecular complexity index is 707. The van der Waals surface area contributed by atoms with Crippen LogP contribution in [-0.2, 0) is 4.79 Å². The first-order valence-electron chi connectivity index (χ1n) is 10.7. The molecule has 1 unspecified atom stereocenters. The Hall–Kier alpha value is -1.84. The molecule has 2 fully saturated rings. The monoisotopic (exact) mass is 369 g/mol. The Kier molecular flexibility index (Phi) is 5.25. The third-order valence-corrected chi connectivity index (χ3v) is 6.79. The number of Topliss-reactive ketones (excluding diaryl/α,β-unsaturated/α-hetero) is 1. The van der Waals surface area contributed by atoms with Crippen molar-refractivity contribution < 1.29 is 14.3 Å². The average molecular weight is 370 g/mol. The highest BCUT2D eigenvalue weighted by atomic mass is 16.5. The fourth-order valence-electron chi connectivity index (χ4n) is 5.15. The van der Waals surface area contributed by atoms with E-state index in [0.29, 0.717) is 30.8 Å². The minimum Gasteiger partial charge on any atom is -0.484 e. The van der Waals surface area contributed by atoms with E-state index in [9.17, 15) is 9.59 Å². The average Bonchev–Trinajstić information content (AvgIpc) is 3.09. The molecular weight excluding hydrogens is 338 g/mol. The van der Waals surface area contributed by atoms with Gasteiger partial charge in [-0.1, -0.05) is 38.3 Å². The third kappa shape index (κ3) is 3.76. The summed E-state index contributed by atoms with van der Waals surface area (Å²) in [5.74, 6) is 2.09. The van der Waals surface area contributed by atoms with Crippen LogP contribution in [0, 0.1) is 11.8 Å². The topological polar surface area (TPSA) is 46.6 Å². The molecule has 0 N–H and O–H groups in total. The standard InChI is InChI=1S/C23H31NO3/c1-2-3-6-17-9-11-18(12-10-17)22(26)24-14-13-23(16-24)15-20(25)19-7-4-5-8-21(19)27-23/h4-5,7-8,17-18H,2-3,6,9-16H2,1H3. The number of para-hydroxylation sites is 1. The smallest absolute Gasteiger partial charge is 0.225 e. The molecule has 1 aliphatic carbocycles. The molecule has 3 aliphatic rings. The highest BCUT2D eigenvalue weighted by Gasteiger charge is 2.47. The first-order chi connectivity index (χ1) is 13.1. The first kappa shape index (κ1) is 18.5. The van der Waals surface area contributed by atoms with E-state index in [1.54, 1.807) is 0 Å². The molecule has 1 atom stereocenters. The molecule has 0 bridgehead atoms. The Morgan fingerprint density at radius 3 is 2.78 bits per heavy atom. The molecule has 1 aromatic rings. The van der Waals surface area contributed by atoms with Crippen molar-refractivity contribution >= 4 is 11.7 Å². The number of nitrogens with zero attached hydrogens (tertiary/aromatic N) is 1. The van der Waals surface area contributed by atoms with Crippen molar-refractivity contribution in [2.24, 2.45) is 11.8 Å². The molecule has 1 spiro atoms. The Morgan fingerprint density at radius 1 is 1.22 bits per heavy atom. The van der Waals surface area contributed by atoms with Gasteiger partial charge < -0.3 is 9.64 Å². The number of likely N-dealkylation sites (tertiary alicyclic amines) is 1. The zero-order chi connectivity index (χ0) is 18.9. The van der Waals surface area contributed by atoms with Gasteiger partial charge >= 0.3 is 0 Å². The van der Waals surface area contributed by atoms with Crippen molar-refractivity contribution in [3.05, 3.63) is 29.8 Å². The van der Waals surface area contributed by atoms with E-state index in [4.69, 9.17) is 4.74 Å². The number of carbonyl (C=O) groups excluding carboxylic acids is 2. The Labute approximate surface area is 162 Å². The molecule has 1 amide bonds. The van der Waals surface area contributed by atoms with E-state index in [-0.39, 0.29) is 17.6 Å². The first-order valence-corrected chi connectivity index (χ1v) is 10.7. The van der Waals surface area contributed by atoms with Gasteiger partial charge in [-0.2, -0.15) is 0 Å². The SMILES string of the molecule is CCCCC1CCC(C(=O)N2CCC3(CC(=O)c4ccccc4O3)C2)CC1. The van der Waals surface area contributed by atoms with E-state index in [1.807, 2.05) is 29.2 Å². The summed E-state index contributed by atoms with van der Waals surface area (Å²) in [6, 6.07) is 7.48. The number of unbranched alkanes of at least 4 members (excludes halogenated alkanes) is 1. The summed E-state index contributed by atoms with van der Waals surface area (Å²) in [5.41, 5.74) is 0.165. The van der Waals surface area contributed by atoms with Crippen LogP contribution < -0.4 is 4.74 Å². The van der Waals surface area contributed by atoms with Gasteiger partial charge in [0.1, 0.15) is 11.4 Å². The molecular formula is C23H31NO3. The van der Waals surface area contributed by atoms with Crippen molar-refractivity contribution in [1.29, 1.82) is 0 Å². The maximum atomic E-state index is 13.1. The van der Waals surface area contributed by atoms with Gasteiger partial charge in [-0.15, -0.1) is 0 Å². The van der Waals surface area contributed by atoms with E-state index >= 15 is 0 Å². The molecule has 4 heteroatoms. The van der Waals surface area contributed by atoms with Gasteiger partial charge in [0.2, 0.25) is 5.91 Å². The van der Waals surface area contributed by atoms with Crippen LogP contribution in [0.25, 0.3) is 0 Å². The lowest BCUT2D eigenvalue weighted by Gasteiger charge is -2.35. The number of ether oxygens (including phenoxy) is 1. The molecule has 1 aromatic carbocycles. The summed E-state index contributed by atoms with van der Waals surface area (Å²) in [7, 11) is 0. The summed E-state index contributed by atoms with van der Waals surface area (Å²) >= 11 is 0. The highest BCUT2D eigenvalue weighted by Crippen LogP contribution is 2.40. The van der Waals surface area contributed by atoms with Crippen molar-refractivity contribution in [2.45, 2.75) is 70.3 Å². The minimum absolute atomic E-state index is 0.141. The van der Waals surface area contributed by atoms with Crippen LogP contribution in [0.3, 0.4) is 0 Å². The fraction of sp³-hybridized carbons (Fsp3) is 0.652. The number of benzene rings is 1. The fourth-order valence-corrected chi connectivity index (χ4v) is 5.15. The maximum Gasteiger partial charge on any atom is 0.225 e. The van der Waals surface area contributed by atoms with E-state index in [2.05, 4.69) is 6.92 Å². The minimum atomic E-state index is -0.514. The molecule has 146 valence electrons. The van der Waals surface area contributed by atoms with Gasteiger partial charge in [0.15, 0.2) is 5.78 Å². The number of carbonyl (C=O) groups is 2. The molecule has 2 aliphatic heterocycles. The lowest BCUT2D eigenvalue weighted by Crippen LogP contribution is -2.46. The number of hydrogen-bond donors (Lipinski definition) is 0. The van der Waals surface area contributed by atoms with Crippen molar-refractivity contribution in [2.75, 3.05) is 13.1 Å². The number of hydrogen-bond acceptors (Lipinski definition) is 3. The molecule has 27 heavy (non-hydrogen) atoms. The summed E-state index contributed by atoms with van der Waals surface area (Å²) in [4.78, 5) is 27.6. The number of amides is 1. The predicted octanol–water partition coefficient (Wildman–Crippen LogP) is 4.62. The van der Waals surface area contributed by atoms with Crippen LogP contribution in [0.1, 0.15) is 75.1 Å². The summed E-state index contributed by atoms with van der Waals surface area (Å²) in [5, 5.41) is 0. The van der Waals surface area contributed by atoms with Crippen LogP contribution in [0.2, 0.25) is 0 Å². The molecule has 2 heterocycles. The Morgan fingerprint density at radius 2 is 2.00 bits per heavy atom. The van der Waals surface area contributed by atoms with Gasteiger partial charge in [0.05, 0.1) is 18.5 Å². The van der Waals surface area contributed by atoms with Crippen molar-refractivity contribution in [3.63, 3.8) is 0 Å². The maximum absolute atomic E-state index is 13.1. The molecule has 1 saturated carbocycles. The van der Waals surface area contributed by atoms with Crippen LogP contribution in [0.15, 0.2) is 24.3 Å². The van der Waals surface area contributed by atoms with Gasteiger partial charge in [-0.3, -0.25) is 9.59 Å². The van der Waals surface area contributed by atoms with Crippen molar-refractivity contribution in [1.82, 2.24) is 4.90 Å². The number of ketones is 1. The summed E-state index contributed by atoms with van der Waals surface area (Å²) in [6.07, 6.45) is 9.47. The van der Waals surface area contributed by atoms with E-state index < -0.39 is 5.60 Å². The van der Waals surface area contributed by atoms with Gasteiger partial charge in [-0.25, -0.2) is 0 Å². The molecule has 4 nitrogen and oxygen atoms in total. The lowest BCUT2D eigenvalue weighted by molar-refractivity contribution is -0.136. The van der Waals surface area contributed by atoms with Gasteiger partial charge in [-0.05, 0) is 43.7 Å². The molecule has 4 rings (SSSR count). The second-order valence-electron chi connectivity index (χ2n) is 8.75. The molecule has 0 radical (unpaired) electrons. The lowest BCUT2D eigenvalue weighted by atomic mass is 9.79. The predicted molar refractivity (Wildman–Crippen MR) is 105 cm³/mol. The van der Waals surface area contributed by atoms with Gasteiger partial charge in [0.25, 0.3) is 0 Å². The normalized spacial score (nSPS) is 30.3. The zero-order valence-corrected chi connectivity index (χ0v) is 16.4. The Balaban J connectivity index is 1.36. The van der Waals surface area contributed by atoms with E-state index in [1.165, 1.54) is 32.1 Å². The van der Waals surface area contributed by atoms with Gasteiger partial charge in [0, 0.05) is 18.9 Å². The summed E-state index contributed by atoms with van der Waals surface area (Å²) in [6.45, 7) is 3.51. The third-order valence-electron chi connectivity index (χ3n) is 6.79. The molecule has 0 aromatic heterocycles.